The predicted molar refractivity (Wildman–Crippen MR) is 69.0 cm³/mol. The van der Waals surface area contributed by atoms with Gasteiger partial charge in [0, 0.05) is 5.39 Å². The highest BCUT2D eigenvalue weighted by molar-refractivity contribution is 6.03. The minimum absolute atomic E-state index is 0.454. The summed E-state index contributed by atoms with van der Waals surface area (Å²) in [6.45, 7) is 0. The first-order valence-electron chi connectivity index (χ1n) is 5.43. The quantitative estimate of drug-likeness (QED) is 0.778. The van der Waals surface area contributed by atoms with Crippen LogP contribution in [0.25, 0.3) is 10.8 Å². The monoisotopic (exact) mass is 246 g/mol. The summed E-state index contributed by atoms with van der Waals surface area (Å²) in [6, 6.07) is 7.20. The molecule has 0 aliphatic heterocycles. The number of carbonyl (C=O) groups is 1. The molecule has 4 heteroatoms. The number of ether oxygens (including phenoxy) is 3. The molecular weight excluding hydrogens is 232 g/mol. The molecule has 0 saturated heterocycles. The van der Waals surface area contributed by atoms with E-state index in [0.717, 1.165) is 17.1 Å². The van der Waals surface area contributed by atoms with Gasteiger partial charge in [-0.1, -0.05) is 12.1 Å². The van der Waals surface area contributed by atoms with E-state index in [1.165, 1.54) is 7.11 Å². The van der Waals surface area contributed by atoms with Crippen LogP contribution >= 0.6 is 0 Å². The first kappa shape index (κ1) is 12.2. The highest BCUT2D eigenvalue weighted by Crippen LogP contribution is 2.40. The van der Waals surface area contributed by atoms with Gasteiger partial charge >= 0.3 is 0 Å². The van der Waals surface area contributed by atoms with Gasteiger partial charge in [0.1, 0.15) is 17.2 Å². The zero-order valence-electron chi connectivity index (χ0n) is 10.5. The fraction of sp³-hybridized carbons (Fsp3) is 0.214. The van der Waals surface area contributed by atoms with E-state index in [9.17, 15) is 4.79 Å². The van der Waals surface area contributed by atoms with Crippen LogP contribution in [-0.2, 0) is 0 Å². The van der Waals surface area contributed by atoms with Gasteiger partial charge in [-0.05, 0) is 12.1 Å². The molecular formula is C14H14O4. The molecule has 0 bridgehead atoms. The maximum absolute atomic E-state index is 11.1. The Morgan fingerprint density at radius 2 is 1.72 bits per heavy atom. The fourth-order valence-electron chi connectivity index (χ4n) is 2.06. The second-order valence-corrected chi connectivity index (χ2v) is 3.70. The zero-order valence-corrected chi connectivity index (χ0v) is 10.5. The van der Waals surface area contributed by atoms with Crippen molar-refractivity contribution in [1.82, 2.24) is 0 Å². The molecule has 0 fully saturated rings. The number of rotatable bonds is 4. The fourth-order valence-corrected chi connectivity index (χ4v) is 2.06. The van der Waals surface area contributed by atoms with Crippen LogP contribution in [0.4, 0.5) is 0 Å². The Morgan fingerprint density at radius 3 is 2.28 bits per heavy atom. The SMILES string of the molecule is COc1c(C=O)cc(OC)c2c(OC)cccc12. The van der Waals surface area contributed by atoms with Crippen molar-refractivity contribution in [3.05, 3.63) is 29.8 Å². The van der Waals surface area contributed by atoms with Crippen LogP contribution in [0.5, 0.6) is 17.2 Å². The summed E-state index contributed by atoms with van der Waals surface area (Å²) in [6.07, 6.45) is 0.750. The number of aldehydes is 1. The van der Waals surface area contributed by atoms with Gasteiger partial charge in [-0.15, -0.1) is 0 Å². The third-order valence-electron chi connectivity index (χ3n) is 2.84. The number of hydrogen-bond donors (Lipinski definition) is 0. The molecule has 0 aromatic heterocycles. The van der Waals surface area contributed by atoms with Gasteiger partial charge in [0.25, 0.3) is 0 Å². The molecule has 0 N–H and O–H groups in total. The smallest absolute Gasteiger partial charge is 0.153 e. The van der Waals surface area contributed by atoms with Crippen LogP contribution in [-0.4, -0.2) is 27.6 Å². The van der Waals surface area contributed by atoms with Crippen molar-refractivity contribution in [2.45, 2.75) is 0 Å². The molecule has 2 rings (SSSR count). The van der Waals surface area contributed by atoms with Crippen LogP contribution in [0.2, 0.25) is 0 Å². The Hall–Kier alpha value is -2.23. The molecule has 0 aliphatic carbocycles. The van der Waals surface area contributed by atoms with Gasteiger partial charge in [-0.2, -0.15) is 0 Å². The van der Waals surface area contributed by atoms with Gasteiger partial charge in [-0.25, -0.2) is 0 Å². The van der Waals surface area contributed by atoms with Crippen molar-refractivity contribution < 1.29 is 19.0 Å². The number of carbonyl (C=O) groups excluding carboxylic acids is 1. The molecule has 94 valence electrons. The maximum Gasteiger partial charge on any atom is 0.153 e. The van der Waals surface area contributed by atoms with Crippen molar-refractivity contribution in [1.29, 1.82) is 0 Å². The van der Waals surface area contributed by atoms with E-state index < -0.39 is 0 Å². The first-order valence-corrected chi connectivity index (χ1v) is 5.43. The normalized spacial score (nSPS) is 10.2. The highest BCUT2D eigenvalue weighted by Gasteiger charge is 2.16. The van der Waals surface area contributed by atoms with Crippen molar-refractivity contribution in [3.8, 4) is 17.2 Å². The average Bonchev–Trinajstić information content (AvgIpc) is 2.44. The molecule has 0 saturated carbocycles. The molecule has 4 nitrogen and oxygen atoms in total. The molecule has 0 radical (unpaired) electrons. The number of fused-ring (bicyclic) bond motifs is 1. The van der Waals surface area contributed by atoms with E-state index in [-0.39, 0.29) is 0 Å². The summed E-state index contributed by atoms with van der Waals surface area (Å²) in [4.78, 5) is 11.1. The summed E-state index contributed by atoms with van der Waals surface area (Å²) in [5.74, 6) is 1.80. The predicted octanol–water partition coefficient (Wildman–Crippen LogP) is 2.68. The van der Waals surface area contributed by atoms with Crippen LogP contribution < -0.4 is 14.2 Å². The lowest BCUT2D eigenvalue weighted by atomic mass is 10.0. The summed E-state index contributed by atoms with van der Waals surface area (Å²) in [7, 11) is 4.68. The lowest BCUT2D eigenvalue weighted by Gasteiger charge is -2.14. The van der Waals surface area contributed by atoms with Gasteiger partial charge in [-0.3, -0.25) is 4.79 Å². The maximum atomic E-state index is 11.1. The average molecular weight is 246 g/mol. The summed E-state index contributed by atoms with van der Waals surface area (Å²) in [5, 5.41) is 1.59. The van der Waals surface area contributed by atoms with Crippen molar-refractivity contribution >= 4 is 17.1 Å². The van der Waals surface area contributed by atoms with E-state index in [4.69, 9.17) is 14.2 Å². The van der Waals surface area contributed by atoms with Crippen LogP contribution in [0.3, 0.4) is 0 Å². The molecule has 0 aliphatic rings. The summed E-state index contributed by atoms with van der Waals surface area (Å²) in [5.41, 5.74) is 0.454. The number of hydrogen-bond acceptors (Lipinski definition) is 4. The van der Waals surface area contributed by atoms with Gasteiger partial charge in [0.05, 0.1) is 32.3 Å². The molecule has 0 unspecified atom stereocenters. The minimum atomic E-state index is 0.454. The second-order valence-electron chi connectivity index (χ2n) is 3.70. The zero-order chi connectivity index (χ0) is 13.1. The van der Waals surface area contributed by atoms with Gasteiger partial charge in [0.2, 0.25) is 0 Å². The summed E-state index contributed by atoms with van der Waals surface area (Å²) >= 11 is 0. The van der Waals surface area contributed by atoms with E-state index in [1.807, 2.05) is 18.2 Å². The Morgan fingerprint density at radius 1 is 1.00 bits per heavy atom. The number of methoxy groups -OCH3 is 3. The third kappa shape index (κ3) is 1.76. The first-order chi connectivity index (χ1) is 8.76. The van der Waals surface area contributed by atoms with E-state index in [2.05, 4.69) is 0 Å². The Labute approximate surface area is 105 Å². The van der Waals surface area contributed by atoms with Crippen molar-refractivity contribution in [3.63, 3.8) is 0 Å². The lowest BCUT2D eigenvalue weighted by Crippen LogP contribution is -1.96. The van der Waals surface area contributed by atoms with Crippen molar-refractivity contribution in [2.24, 2.45) is 0 Å². The molecule has 0 spiro atoms. The molecule has 2 aromatic carbocycles. The molecule has 0 amide bonds. The van der Waals surface area contributed by atoms with Crippen molar-refractivity contribution in [2.75, 3.05) is 21.3 Å². The molecule has 0 heterocycles. The van der Waals surface area contributed by atoms with E-state index in [1.54, 1.807) is 20.3 Å². The minimum Gasteiger partial charge on any atom is -0.496 e. The molecule has 18 heavy (non-hydrogen) atoms. The standard InChI is InChI=1S/C14H14O4/c1-16-11-6-4-5-10-13(11)12(17-2)7-9(8-15)14(10)18-3/h4-8H,1-3H3. The van der Waals surface area contributed by atoms with Gasteiger partial charge in [0.15, 0.2) is 6.29 Å². The largest absolute Gasteiger partial charge is 0.496 e. The lowest BCUT2D eigenvalue weighted by molar-refractivity contribution is 0.112. The Bertz CT molecular complexity index is 590. The second kappa shape index (κ2) is 4.96. The summed E-state index contributed by atoms with van der Waals surface area (Å²) < 4.78 is 15.9. The molecule has 0 atom stereocenters. The van der Waals surface area contributed by atoms with E-state index >= 15 is 0 Å². The molecule has 2 aromatic rings. The van der Waals surface area contributed by atoms with Crippen LogP contribution in [0.1, 0.15) is 10.4 Å². The highest BCUT2D eigenvalue weighted by atomic mass is 16.5. The van der Waals surface area contributed by atoms with Crippen LogP contribution in [0, 0.1) is 0 Å². The van der Waals surface area contributed by atoms with E-state index in [0.29, 0.717) is 22.8 Å². The Kier molecular flexibility index (Phi) is 3.37. The Balaban J connectivity index is 2.94. The van der Waals surface area contributed by atoms with Gasteiger partial charge < -0.3 is 14.2 Å². The number of benzene rings is 2. The topological polar surface area (TPSA) is 44.8 Å². The third-order valence-corrected chi connectivity index (χ3v) is 2.84. The van der Waals surface area contributed by atoms with Crippen LogP contribution in [0.15, 0.2) is 24.3 Å².